The molecule has 40 heavy (non-hydrogen) atoms. The van der Waals surface area contributed by atoms with Crippen molar-refractivity contribution < 1.29 is 13.6 Å². The third-order valence-corrected chi connectivity index (χ3v) is 12.7. The number of rotatable bonds is 33. The van der Waals surface area contributed by atoms with Crippen LogP contribution >= 0.6 is 43.9 Å². The van der Waals surface area contributed by atoms with E-state index in [4.69, 9.17) is 13.6 Å². The number of unbranched alkanes of at least 4 members (excludes halogenated alkanes) is 15. The maximum Gasteiger partial charge on any atom is 0.336 e. The van der Waals surface area contributed by atoms with Crippen LogP contribution in [-0.4, -0.2) is 33.6 Å². The van der Waals surface area contributed by atoms with E-state index >= 15 is 0 Å². The lowest BCUT2D eigenvalue weighted by Gasteiger charge is -2.28. The third kappa shape index (κ3) is 26.9. The van der Waals surface area contributed by atoms with E-state index in [1.807, 2.05) is 35.3 Å². The van der Waals surface area contributed by atoms with Gasteiger partial charge in [-0.2, -0.15) is 0 Å². The minimum absolute atomic E-state index is 0.156. The summed E-state index contributed by atoms with van der Waals surface area (Å²) in [7, 11) is -1.36. The van der Waals surface area contributed by atoms with Crippen molar-refractivity contribution in [3.8, 4) is 0 Å². The van der Waals surface area contributed by atoms with Crippen LogP contribution in [0.3, 0.4) is 0 Å². The molecule has 0 aromatic carbocycles. The van der Waals surface area contributed by atoms with E-state index in [9.17, 15) is 0 Å². The first-order chi connectivity index (χ1) is 19.6. The van der Waals surface area contributed by atoms with Gasteiger partial charge in [0.05, 0.1) is 0 Å². The van der Waals surface area contributed by atoms with Crippen molar-refractivity contribution in [2.45, 2.75) is 193 Å². The molecule has 0 spiro atoms. The Morgan fingerprint density at radius 2 is 0.625 bits per heavy atom. The van der Waals surface area contributed by atoms with E-state index in [-0.39, 0.29) is 16.3 Å². The Morgan fingerprint density at radius 1 is 0.375 bits per heavy atom. The third-order valence-electron chi connectivity index (χ3n) is 7.02. The number of hydrogen-bond acceptors (Lipinski definition) is 6. The lowest BCUT2D eigenvalue weighted by Crippen LogP contribution is -2.15. The Morgan fingerprint density at radius 3 is 0.875 bits per heavy atom. The van der Waals surface area contributed by atoms with Crippen molar-refractivity contribution in [3.63, 3.8) is 0 Å². The van der Waals surface area contributed by atoms with Gasteiger partial charge in [0.25, 0.3) is 0 Å². The Hall–Kier alpha value is 1.36. The molecule has 0 aliphatic carbocycles. The standard InChI is InChI=1S/C33H69O3PS3/c1-7-13-16-19-22-25-28-38-31(10-4)34-37(35-32(11-5)39-29-26-23-20-17-14-8-2)36-33(12-6)40-30-27-24-21-18-15-9-3/h31-33H,7-30H2,1-6H3. The summed E-state index contributed by atoms with van der Waals surface area (Å²) in [6, 6.07) is 0. The van der Waals surface area contributed by atoms with Crippen LogP contribution in [0.1, 0.15) is 176 Å². The fourth-order valence-electron chi connectivity index (χ4n) is 4.32. The minimum atomic E-state index is -1.36. The molecule has 7 heteroatoms. The molecule has 0 bridgehead atoms. The average Bonchev–Trinajstić information content (AvgIpc) is 2.97. The summed E-state index contributed by atoms with van der Waals surface area (Å²) in [5.74, 6) is 3.51. The van der Waals surface area contributed by atoms with E-state index in [0.717, 1.165) is 19.3 Å². The van der Waals surface area contributed by atoms with Crippen molar-refractivity contribution in [2.75, 3.05) is 17.3 Å². The smallest absolute Gasteiger partial charge is 0.298 e. The molecule has 0 aliphatic rings. The first-order valence-electron chi connectivity index (χ1n) is 17.3. The van der Waals surface area contributed by atoms with Crippen LogP contribution in [0.15, 0.2) is 0 Å². The van der Waals surface area contributed by atoms with Gasteiger partial charge in [-0.1, -0.05) is 138 Å². The predicted octanol–water partition coefficient (Wildman–Crippen LogP) is 13.8. The average molecular weight is 641 g/mol. The van der Waals surface area contributed by atoms with E-state index in [0.29, 0.717) is 0 Å². The summed E-state index contributed by atoms with van der Waals surface area (Å²) in [6.45, 7) is 13.6. The lowest BCUT2D eigenvalue weighted by atomic mass is 10.1. The lowest BCUT2D eigenvalue weighted by molar-refractivity contribution is 0.131. The predicted molar refractivity (Wildman–Crippen MR) is 190 cm³/mol. The molecule has 0 aliphatic heterocycles. The summed E-state index contributed by atoms with van der Waals surface area (Å²) in [4.78, 5) is 0. The van der Waals surface area contributed by atoms with Gasteiger partial charge < -0.3 is 0 Å². The van der Waals surface area contributed by atoms with E-state index in [1.165, 1.54) is 133 Å². The van der Waals surface area contributed by atoms with Gasteiger partial charge in [0.15, 0.2) is 0 Å². The zero-order valence-corrected chi connectivity index (χ0v) is 30.9. The molecule has 0 saturated heterocycles. The first kappa shape index (κ1) is 41.4. The van der Waals surface area contributed by atoms with Gasteiger partial charge in [0.1, 0.15) is 16.3 Å². The largest absolute Gasteiger partial charge is 0.336 e. The summed E-state index contributed by atoms with van der Waals surface area (Å²) in [5.41, 5.74) is 0.469. The van der Waals surface area contributed by atoms with Crippen molar-refractivity contribution in [2.24, 2.45) is 0 Å². The van der Waals surface area contributed by atoms with E-state index < -0.39 is 8.60 Å². The molecule has 3 nitrogen and oxygen atoms in total. The van der Waals surface area contributed by atoms with Crippen molar-refractivity contribution in [1.82, 2.24) is 0 Å². The van der Waals surface area contributed by atoms with Crippen molar-refractivity contribution in [3.05, 3.63) is 0 Å². The summed E-state index contributed by atoms with van der Waals surface area (Å²) in [6.07, 6.45) is 27.2. The molecule has 0 heterocycles. The molecule has 0 amide bonds. The van der Waals surface area contributed by atoms with Crippen LogP contribution in [-0.2, 0) is 13.6 Å². The Bertz CT molecular complexity index is 423. The van der Waals surface area contributed by atoms with E-state index in [2.05, 4.69) is 41.5 Å². The number of hydrogen-bond donors (Lipinski definition) is 0. The molecular formula is C33H69O3PS3. The highest BCUT2D eigenvalue weighted by Crippen LogP contribution is 2.49. The molecule has 0 fully saturated rings. The maximum absolute atomic E-state index is 6.61. The van der Waals surface area contributed by atoms with Gasteiger partial charge in [-0.15, -0.1) is 35.3 Å². The second-order valence-corrected chi connectivity index (χ2v) is 15.9. The summed E-state index contributed by atoms with van der Waals surface area (Å²) in [5, 5.41) is 0. The highest BCUT2D eigenvalue weighted by Gasteiger charge is 2.26. The fourth-order valence-corrected chi connectivity index (χ4v) is 9.47. The molecule has 0 N–H and O–H groups in total. The molecule has 0 radical (unpaired) electrons. The van der Waals surface area contributed by atoms with Crippen molar-refractivity contribution >= 4 is 43.9 Å². The van der Waals surface area contributed by atoms with Crippen LogP contribution in [0.4, 0.5) is 0 Å². The molecule has 0 aromatic heterocycles. The second kappa shape index (κ2) is 33.3. The molecular weight excluding hydrogens is 572 g/mol. The fraction of sp³-hybridized carbons (Fsp3) is 1.00. The van der Waals surface area contributed by atoms with Crippen molar-refractivity contribution in [1.29, 1.82) is 0 Å². The molecule has 242 valence electrons. The molecule has 0 rings (SSSR count). The highest BCUT2D eigenvalue weighted by molar-refractivity contribution is 8.00. The van der Waals surface area contributed by atoms with Crippen LogP contribution in [0.2, 0.25) is 0 Å². The first-order valence-corrected chi connectivity index (χ1v) is 21.5. The Kier molecular flexibility index (Phi) is 34.4. The normalized spacial score (nSPS) is 14.8. The van der Waals surface area contributed by atoms with Gasteiger partial charge in [0, 0.05) is 0 Å². The highest BCUT2D eigenvalue weighted by atomic mass is 32.2. The van der Waals surface area contributed by atoms with E-state index in [1.54, 1.807) is 0 Å². The summed E-state index contributed by atoms with van der Waals surface area (Å²) >= 11 is 5.90. The molecule has 3 atom stereocenters. The van der Waals surface area contributed by atoms with Crippen LogP contribution in [0, 0.1) is 0 Å². The maximum atomic E-state index is 6.61. The van der Waals surface area contributed by atoms with Gasteiger partial charge >= 0.3 is 8.60 Å². The zero-order valence-electron chi connectivity index (χ0n) is 27.6. The van der Waals surface area contributed by atoms with Crippen LogP contribution in [0.5, 0.6) is 0 Å². The second-order valence-electron chi connectivity index (χ2n) is 11.0. The van der Waals surface area contributed by atoms with Crippen LogP contribution < -0.4 is 0 Å². The van der Waals surface area contributed by atoms with Gasteiger partial charge in [0.2, 0.25) is 0 Å². The van der Waals surface area contributed by atoms with Gasteiger partial charge in [-0.05, 0) is 55.8 Å². The Balaban J connectivity index is 4.80. The monoisotopic (exact) mass is 640 g/mol. The topological polar surface area (TPSA) is 27.7 Å². The van der Waals surface area contributed by atoms with Gasteiger partial charge in [-0.3, -0.25) is 13.6 Å². The quantitative estimate of drug-likeness (QED) is 0.0402. The van der Waals surface area contributed by atoms with Crippen LogP contribution in [0.25, 0.3) is 0 Å². The SMILES string of the molecule is CCCCCCCCSC(CC)OP(OC(CC)SCCCCCCCC)OC(CC)SCCCCCCCC. The summed E-state index contributed by atoms with van der Waals surface area (Å²) < 4.78 is 19.8. The Labute approximate surface area is 266 Å². The minimum Gasteiger partial charge on any atom is -0.298 e. The molecule has 0 aromatic rings. The van der Waals surface area contributed by atoms with Gasteiger partial charge in [-0.25, -0.2) is 0 Å². The number of thioether (sulfide) groups is 3. The molecule has 3 unspecified atom stereocenters. The molecule has 0 saturated carbocycles. The zero-order chi connectivity index (χ0) is 29.5.